The first kappa shape index (κ1) is 14.3. The van der Waals surface area contributed by atoms with Crippen LogP contribution in [0.2, 0.25) is 0 Å². The van der Waals surface area contributed by atoms with Crippen LogP contribution < -0.4 is 5.32 Å². The molecule has 1 aromatic rings. The number of rotatable bonds is 2. The summed E-state index contributed by atoms with van der Waals surface area (Å²) in [7, 11) is 0. The number of amides is 2. The van der Waals surface area contributed by atoms with Crippen molar-refractivity contribution in [1.82, 2.24) is 9.88 Å². The van der Waals surface area contributed by atoms with Crippen molar-refractivity contribution in [2.24, 2.45) is 0 Å². The van der Waals surface area contributed by atoms with Crippen molar-refractivity contribution < 1.29 is 14.7 Å². The van der Waals surface area contributed by atoms with Crippen molar-refractivity contribution >= 4 is 17.7 Å². The second-order valence-electron chi connectivity index (χ2n) is 4.92. The lowest BCUT2D eigenvalue weighted by molar-refractivity contribution is 0.0690. The summed E-state index contributed by atoms with van der Waals surface area (Å²) in [5, 5.41) is 11.5. The van der Waals surface area contributed by atoms with Crippen molar-refractivity contribution in [3.05, 3.63) is 24.0 Å². The van der Waals surface area contributed by atoms with E-state index in [0.29, 0.717) is 5.69 Å². The van der Waals surface area contributed by atoms with Gasteiger partial charge in [-0.1, -0.05) is 19.3 Å². The highest BCUT2D eigenvalue weighted by Crippen LogP contribution is 2.13. The van der Waals surface area contributed by atoms with Crippen LogP contribution in [0.25, 0.3) is 0 Å². The molecule has 2 amide bonds. The second-order valence-corrected chi connectivity index (χ2v) is 4.92. The van der Waals surface area contributed by atoms with E-state index in [-0.39, 0.29) is 11.7 Å². The largest absolute Gasteiger partial charge is 0.477 e. The number of aromatic nitrogens is 1. The fourth-order valence-corrected chi connectivity index (χ4v) is 2.25. The van der Waals surface area contributed by atoms with Gasteiger partial charge in [0.05, 0.1) is 11.9 Å². The molecule has 1 aromatic heterocycles. The van der Waals surface area contributed by atoms with Gasteiger partial charge < -0.3 is 15.3 Å². The van der Waals surface area contributed by atoms with Gasteiger partial charge in [-0.05, 0) is 25.0 Å². The molecule has 0 atom stereocenters. The SMILES string of the molecule is O=C(O)c1ccc(NC(=O)N2CCCCCCC2)cn1. The van der Waals surface area contributed by atoms with Crippen LogP contribution in [-0.2, 0) is 0 Å². The molecule has 2 heterocycles. The van der Waals surface area contributed by atoms with Gasteiger partial charge in [-0.25, -0.2) is 14.6 Å². The first-order valence-corrected chi connectivity index (χ1v) is 6.92. The summed E-state index contributed by atoms with van der Waals surface area (Å²) in [6.45, 7) is 1.54. The summed E-state index contributed by atoms with van der Waals surface area (Å²) in [5.41, 5.74) is 0.483. The summed E-state index contributed by atoms with van der Waals surface area (Å²) >= 11 is 0. The number of carbonyl (C=O) groups excluding carboxylic acids is 1. The lowest BCUT2D eigenvalue weighted by Crippen LogP contribution is -2.37. The van der Waals surface area contributed by atoms with Crippen molar-refractivity contribution in [2.75, 3.05) is 18.4 Å². The van der Waals surface area contributed by atoms with Crippen LogP contribution >= 0.6 is 0 Å². The molecule has 0 unspecified atom stereocenters. The summed E-state index contributed by atoms with van der Waals surface area (Å²) in [6, 6.07) is 2.79. The maximum absolute atomic E-state index is 12.1. The number of nitrogens with zero attached hydrogens (tertiary/aromatic N) is 2. The van der Waals surface area contributed by atoms with Gasteiger partial charge in [0.15, 0.2) is 0 Å². The lowest BCUT2D eigenvalue weighted by atomic mass is 10.1. The molecular formula is C14H19N3O3. The Morgan fingerprint density at radius 2 is 1.75 bits per heavy atom. The molecular weight excluding hydrogens is 258 g/mol. The predicted octanol–water partition coefficient (Wildman–Crippen LogP) is 2.58. The van der Waals surface area contributed by atoms with Crippen molar-refractivity contribution in [3.63, 3.8) is 0 Å². The second kappa shape index (κ2) is 6.88. The Hall–Kier alpha value is -2.11. The number of aromatic carboxylic acids is 1. The van der Waals surface area contributed by atoms with E-state index in [2.05, 4.69) is 10.3 Å². The minimum Gasteiger partial charge on any atom is -0.477 e. The van der Waals surface area contributed by atoms with E-state index in [1.54, 1.807) is 6.07 Å². The highest BCUT2D eigenvalue weighted by Gasteiger charge is 2.15. The number of likely N-dealkylation sites (tertiary alicyclic amines) is 1. The Kier molecular flexibility index (Phi) is 4.92. The Balaban J connectivity index is 1.93. The number of carboxylic acid groups (broad SMARTS) is 1. The third kappa shape index (κ3) is 3.94. The molecule has 0 saturated carbocycles. The Bertz CT molecular complexity index is 465. The zero-order valence-electron chi connectivity index (χ0n) is 11.3. The van der Waals surface area contributed by atoms with E-state index in [1.807, 2.05) is 4.90 Å². The average Bonchev–Trinajstić information content (AvgIpc) is 2.38. The van der Waals surface area contributed by atoms with Crippen LogP contribution in [0.3, 0.4) is 0 Å². The molecule has 108 valence electrons. The van der Waals surface area contributed by atoms with Gasteiger partial charge in [0.25, 0.3) is 0 Å². The van der Waals surface area contributed by atoms with Gasteiger partial charge in [0.2, 0.25) is 0 Å². The van der Waals surface area contributed by atoms with Gasteiger partial charge >= 0.3 is 12.0 Å². The Labute approximate surface area is 117 Å². The van der Waals surface area contributed by atoms with Crippen LogP contribution in [0.4, 0.5) is 10.5 Å². The molecule has 1 aliphatic rings. The van der Waals surface area contributed by atoms with E-state index in [4.69, 9.17) is 5.11 Å². The summed E-state index contributed by atoms with van der Waals surface area (Å²) in [4.78, 5) is 28.4. The van der Waals surface area contributed by atoms with Crippen molar-refractivity contribution in [2.45, 2.75) is 32.1 Å². The molecule has 0 radical (unpaired) electrons. The summed E-state index contributed by atoms with van der Waals surface area (Å²) in [5.74, 6) is -1.08. The zero-order chi connectivity index (χ0) is 14.4. The Morgan fingerprint density at radius 1 is 1.10 bits per heavy atom. The minimum atomic E-state index is -1.08. The normalized spacial score (nSPS) is 16.1. The number of anilines is 1. The molecule has 0 spiro atoms. The van der Waals surface area contributed by atoms with Gasteiger partial charge in [-0.2, -0.15) is 0 Å². The van der Waals surface area contributed by atoms with Crippen LogP contribution in [0.5, 0.6) is 0 Å². The summed E-state index contributed by atoms with van der Waals surface area (Å²) < 4.78 is 0. The number of pyridine rings is 1. The van der Waals surface area contributed by atoms with Crippen LogP contribution in [-0.4, -0.2) is 40.1 Å². The third-order valence-corrected chi connectivity index (χ3v) is 3.38. The molecule has 6 heteroatoms. The van der Waals surface area contributed by atoms with Gasteiger partial charge in [0, 0.05) is 13.1 Å². The van der Waals surface area contributed by atoms with Crippen molar-refractivity contribution in [3.8, 4) is 0 Å². The smallest absolute Gasteiger partial charge is 0.354 e. The standard InChI is InChI=1S/C14H19N3O3/c18-13(19)12-7-6-11(10-15-12)16-14(20)17-8-4-2-1-3-5-9-17/h6-7,10H,1-5,8-9H2,(H,16,20)(H,18,19). The molecule has 6 nitrogen and oxygen atoms in total. The third-order valence-electron chi connectivity index (χ3n) is 3.38. The summed E-state index contributed by atoms with van der Waals surface area (Å²) in [6.07, 6.45) is 7.01. The maximum Gasteiger partial charge on any atom is 0.354 e. The lowest BCUT2D eigenvalue weighted by Gasteiger charge is -2.24. The van der Waals surface area contributed by atoms with Crippen LogP contribution in [0, 0.1) is 0 Å². The molecule has 0 bridgehead atoms. The zero-order valence-corrected chi connectivity index (χ0v) is 11.3. The molecule has 0 aliphatic carbocycles. The van der Waals surface area contributed by atoms with Gasteiger partial charge in [0.1, 0.15) is 5.69 Å². The number of urea groups is 1. The molecule has 1 saturated heterocycles. The molecule has 2 rings (SSSR count). The number of nitrogens with one attached hydrogen (secondary N) is 1. The van der Waals surface area contributed by atoms with Crippen LogP contribution in [0.1, 0.15) is 42.6 Å². The van der Waals surface area contributed by atoms with E-state index in [0.717, 1.165) is 25.9 Å². The minimum absolute atomic E-state index is 0.0331. The monoisotopic (exact) mass is 277 g/mol. The average molecular weight is 277 g/mol. The number of hydrogen-bond donors (Lipinski definition) is 2. The number of carboxylic acids is 1. The molecule has 2 N–H and O–H groups in total. The highest BCUT2D eigenvalue weighted by atomic mass is 16.4. The highest BCUT2D eigenvalue weighted by molar-refractivity contribution is 5.90. The van der Waals surface area contributed by atoms with E-state index >= 15 is 0 Å². The van der Waals surface area contributed by atoms with E-state index in [1.165, 1.54) is 31.5 Å². The Morgan fingerprint density at radius 3 is 2.30 bits per heavy atom. The first-order valence-electron chi connectivity index (χ1n) is 6.92. The van der Waals surface area contributed by atoms with Crippen molar-refractivity contribution in [1.29, 1.82) is 0 Å². The van der Waals surface area contributed by atoms with E-state index < -0.39 is 5.97 Å². The number of hydrogen-bond acceptors (Lipinski definition) is 3. The topological polar surface area (TPSA) is 82.5 Å². The van der Waals surface area contributed by atoms with Gasteiger partial charge in [-0.3, -0.25) is 0 Å². The van der Waals surface area contributed by atoms with Gasteiger partial charge in [-0.15, -0.1) is 0 Å². The predicted molar refractivity (Wildman–Crippen MR) is 74.9 cm³/mol. The number of carbonyl (C=O) groups is 2. The fourth-order valence-electron chi connectivity index (χ4n) is 2.25. The quantitative estimate of drug-likeness (QED) is 0.870. The maximum atomic E-state index is 12.1. The van der Waals surface area contributed by atoms with E-state index in [9.17, 15) is 9.59 Å². The van der Waals surface area contributed by atoms with Crippen LogP contribution in [0.15, 0.2) is 18.3 Å². The molecule has 0 aromatic carbocycles. The molecule has 20 heavy (non-hydrogen) atoms. The molecule has 1 fully saturated rings. The first-order chi connectivity index (χ1) is 9.66. The molecule has 1 aliphatic heterocycles. The fraction of sp³-hybridized carbons (Fsp3) is 0.500.